The molecule has 0 spiro atoms. The third kappa shape index (κ3) is 6.19. The second kappa shape index (κ2) is 6.43. The van der Waals surface area contributed by atoms with Crippen LogP contribution in [0.1, 0.15) is 26.7 Å². The molecule has 2 heteroatoms. The van der Waals surface area contributed by atoms with Crippen LogP contribution in [0.2, 0.25) is 0 Å². The molecule has 1 N–H and O–H groups in total. The van der Waals surface area contributed by atoms with Crippen molar-refractivity contribution >= 4 is 11.8 Å². The molecule has 0 radical (unpaired) electrons. The van der Waals surface area contributed by atoms with Crippen LogP contribution < -0.4 is 0 Å². The Morgan fingerprint density at radius 1 is 1.44 bits per heavy atom. The largest absolute Gasteiger partial charge is 0.393 e. The van der Waals surface area contributed by atoms with Gasteiger partial charge in [-0.05, 0) is 24.3 Å². The van der Waals surface area contributed by atoms with Crippen molar-refractivity contribution in [1.29, 1.82) is 0 Å². The van der Waals surface area contributed by atoms with E-state index in [2.05, 4.69) is 6.92 Å². The molecule has 0 aliphatic rings. The standard InChI is InChI=1S/C7H16OS/c1-3-7(8)5-6-9-4-2/h7-8H,3-6H2,1-2H3. The Kier molecular flexibility index (Phi) is 6.65. The van der Waals surface area contributed by atoms with Crippen LogP contribution in [0.5, 0.6) is 0 Å². The minimum Gasteiger partial charge on any atom is -0.393 e. The summed E-state index contributed by atoms with van der Waals surface area (Å²) in [5.74, 6) is 2.27. The van der Waals surface area contributed by atoms with Crippen molar-refractivity contribution in [3.05, 3.63) is 0 Å². The van der Waals surface area contributed by atoms with Crippen LogP contribution in [0.3, 0.4) is 0 Å². The molecule has 0 saturated heterocycles. The number of rotatable bonds is 5. The van der Waals surface area contributed by atoms with Gasteiger partial charge in [-0.1, -0.05) is 13.8 Å². The second-order valence-corrected chi connectivity index (χ2v) is 3.44. The Bertz CT molecular complexity index is 56.9. The van der Waals surface area contributed by atoms with E-state index in [0.29, 0.717) is 0 Å². The van der Waals surface area contributed by atoms with E-state index < -0.39 is 0 Å². The summed E-state index contributed by atoms with van der Waals surface area (Å²) >= 11 is 1.89. The molecule has 9 heavy (non-hydrogen) atoms. The predicted octanol–water partition coefficient (Wildman–Crippen LogP) is 1.90. The van der Waals surface area contributed by atoms with E-state index in [0.717, 1.165) is 24.3 Å². The Balaban J connectivity index is 2.88. The lowest BCUT2D eigenvalue weighted by Crippen LogP contribution is -2.04. The average Bonchev–Trinajstić information content (AvgIpc) is 1.89. The molecule has 0 amide bonds. The van der Waals surface area contributed by atoms with Gasteiger partial charge in [0.2, 0.25) is 0 Å². The highest BCUT2D eigenvalue weighted by Gasteiger charge is 1.97. The molecule has 0 aliphatic carbocycles. The maximum Gasteiger partial charge on any atom is 0.0545 e. The molecule has 1 nitrogen and oxygen atoms in total. The van der Waals surface area contributed by atoms with Crippen molar-refractivity contribution < 1.29 is 5.11 Å². The molecule has 0 aromatic rings. The molecule has 0 aliphatic heterocycles. The summed E-state index contributed by atoms with van der Waals surface area (Å²) in [7, 11) is 0. The smallest absolute Gasteiger partial charge is 0.0545 e. The van der Waals surface area contributed by atoms with Crippen LogP contribution in [0.4, 0.5) is 0 Å². The Morgan fingerprint density at radius 3 is 2.56 bits per heavy atom. The molecule has 0 aromatic heterocycles. The fraction of sp³-hybridized carbons (Fsp3) is 1.00. The first-order valence-corrected chi connectivity index (χ1v) is 4.72. The van der Waals surface area contributed by atoms with Gasteiger partial charge in [0.05, 0.1) is 6.10 Å². The zero-order chi connectivity index (χ0) is 7.11. The molecule has 0 bridgehead atoms. The highest BCUT2D eigenvalue weighted by Crippen LogP contribution is 2.05. The van der Waals surface area contributed by atoms with E-state index in [4.69, 9.17) is 5.11 Å². The summed E-state index contributed by atoms with van der Waals surface area (Å²) in [6, 6.07) is 0. The quantitative estimate of drug-likeness (QED) is 0.601. The zero-order valence-corrected chi connectivity index (χ0v) is 7.08. The Morgan fingerprint density at radius 2 is 2.11 bits per heavy atom. The van der Waals surface area contributed by atoms with E-state index >= 15 is 0 Å². The summed E-state index contributed by atoms with van der Waals surface area (Å²) in [5.41, 5.74) is 0. The first-order chi connectivity index (χ1) is 4.31. The van der Waals surface area contributed by atoms with Crippen molar-refractivity contribution in [3.8, 4) is 0 Å². The maximum absolute atomic E-state index is 9.07. The summed E-state index contributed by atoms with van der Waals surface area (Å²) in [6.07, 6.45) is 1.78. The Hall–Kier alpha value is 0.310. The fourth-order valence-corrected chi connectivity index (χ4v) is 1.30. The molecule has 0 fully saturated rings. The lowest BCUT2D eigenvalue weighted by Gasteiger charge is -2.04. The average molecular weight is 148 g/mol. The molecule has 0 rings (SSSR count). The maximum atomic E-state index is 9.07. The SMILES string of the molecule is CCSCCC(O)CC. The van der Waals surface area contributed by atoms with Crippen molar-refractivity contribution in [2.24, 2.45) is 0 Å². The summed E-state index contributed by atoms with van der Waals surface area (Å²) in [6.45, 7) is 4.16. The van der Waals surface area contributed by atoms with Gasteiger partial charge in [-0.25, -0.2) is 0 Å². The van der Waals surface area contributed by atoms with Crippen LogP contribution in [0.15, 0.2) is 0 Å². The van der Waals surface area contributed by atoms with E-state index in [9.17, 15) is 0 Å². The van der Waals surface area contributed by atoms with Crippen LogP contribution in [0, 0.1) is 0 Å². The first kappa shape index (κ1) is 9.31. The summed E-state index contributed by atoms with van der Waals surface area (Å²) < 4.78 is 0. The van der Waals surface area contributed by atoms with Crippen molar-refractivity contribution in [1.82, 2.24) is 0 Å². The van der Waals surface area contributed by atoms with Crippen LogP contribution in [0.25, 0.3) is 0 Å². The normalized spacial score (nSPS) is 13.7. The molecule has 0 heterocycles. The number of aliphatic hydroxyl groups excluding tert-OH is 1. The van der Waals surface area contributed by atoms with Crippen LogP contribution in [-0.4, -0.2) is 22.7 Å². The topological polar surface area (TPSA) is 20.2 Å². The van der Waals surface area contributed by atoms with Gasteiger partial charge in [0, 0.05) is 0 Å². The number of hydrogen-bond donors (Lipinski definition) is 1. The van der Waals surface area contributed by atoms with E-state index in [1.54, 1.807) is 0 Å². The highest BCUT2D eigenvalue weighted by atomic mass is 32.2. The van der Waals surface area contributed by atoms with Gasteiger partial charge in [-0.15, -0.1) is 0 Å². The monoisotopic (exact) mass is 148 g/mol. The van der Waals surface area contributed by atoms with Crippen molar-refractivity contribution in [2.45, 2.75) is 32.8 Å². The number of thioether (sulfide) groups is 1. The van der Waals surface area contributed by atoms with Crippen LogP contribution in [-0.2, 0) is 0 Å². The lowest BCUT2D eigenvalue weighted by molar-refractivity contribution is 0.167. The third-order valence-corrected chi connectivity index (χ3v) is 2.20. The van der Waals surface area contributed by atoms with E-state index in [1.807, 2.05) is 18.7 Å². The highest BCUT2D eigenvalue weighted by molar-refractivity contribution is 7.99. The van der Waals surface area contributed by atoms with Gasteiger partial charge in [0.1, 0.15) is 0 Å². The van der Waals surface area contributed by atoms with Crippen LogP contribution >= 0.6 is 11.8 Å². The molecule has 0 aromatic carbocycles. The number of hydrogen-bond acceptors (Lipinski definition) is 2. The molecule has 56 valence electrons. The Labute approximate surface area is 61.8 Å². The molecule has 1 atom stereocenters. The zero-order valence-electron chi connectivity index (χ0n) is 6.26. The fourth-order valence-electron chi connectivity index (χ4n) is 0.568. The van der Waals surface area contributed by atoms with Gasteiger partial charge in [0.25, 0.3) is 0 Å². The predicted molar refractivity (Wildman–Crippen MR) is 43.9 cm³/mol. The summed E-state index contributed by atoms with van der Waals surface area (Å²) in [4.78, 5) is 0. The second-order valence-electron chi connectivity index (χ2n) is 2.05. The van der Waals surface area contributed by atoms with Gasteiger partial charge in [0.15, 0.2) is 0 Å². The molecular formula is C7H16OS. The van der Waals surface area contributed by atoms with E-state index in [1.165, 1.54) is 0 Å². The minimum atomic E-state index is -0.0657. The van der Waals surface area contributed by atoms with Gasteiger partial charge in [-0.2, -0.15) is 11.8 Å². The van der Waals surface area contributed by atoms with Crippen molar-refractivity contribution in [3.63, 3.8) is 0 Å². The van der Waals surface area contributed by atoms with Gasteiger partial charge >= 0.3 is 0 Å². The van der Waals surface area contributed by atoms with Crippen molar-refractivity contribution in [2.75, 3.05) is 11.5 Å². The summed E-state index contributed by atoms with van der Waals surface area (Å²) in [5, 5.41) is 9.07. The first-order valence-electron chi connectivity index (χ1n) is 3.57. The molecule has 1 unspecified atom stereocenters. The molecule has 0 saturated carbocycles. The van der Waals surface area contributed by atoms with E-state index in [-0.39, 0.29) is 6.10 Å². The molecular weight excluding hydrogens is 132 g/mol. The number of aliphatic hydroxyl groups is 1. The lowest BCUT2D eigenvalue weighted by atomic mass is 10.2. The van der Waals surface area contributed by atoms with Gasteiger partial charge < -0.3 is 5.11 Å². The van der Waals surface area contributed by atoms with Gasteiger partial charge in [-0.3, -0.25) is 0 Å². The minimum absolute atomic E-state index is 0.0657. The third-order valence-electron chi connectivity index (χ3n) is 1.27.